The van der Waals surface area contributed by atoms with E-state index in [2.05, 4.69) is 55.0 Å². The van der Waals surface area contributed by atoms with Crippen molar-refractivity contribution in [1.29, 1.82) is 0 Å². The molecule has 0 N–H and O–H groups in total. The summed E-state index contributed by atoms with van der Waals surface area (Å²) in [6, 6.07) is 8.34. The molecular weight excluding hydrogens is 274 g/mol. The van der Waals surface area contributed by atoms with Crippen LogP contribution in [0, 0.1) is 0 Å². The van der Waals surface area contributed by atoms with E-state index >= 15 is 0 Å². The van der Waals surface area contributed by atoms with Crippen molar-refractivity contribution in [1.82, 2.24) is 14.7 Å². The summed E-state index contributed by atoms with van der Waals surface area (Å²) in [5, 5.41) is 0. The van der Waals surface area contributed by atoms with Crippen LogP contribution in [0.1, 0.15) is 18.4 Å². The number of nitrogens with zero attached hydrogens (tertiary/aromatic N) is 3. The number of ether oxygens (including phenoxy) is 1. The number of hydrogen-bond acceptors (Lipinski definition) is 4. The first kappa shape index (κ1) is 18.9. The van der Waals surface area contributed by atoms with Gasteiger partial charge in [-0.15, -0.1) is 0 Å². The summed E-state index contributed by atoms with van der Waals surface area (Å²) < 4.78 is 5.49. The molecule has 0 fully saturated rings. The third kappa shape index (κ3) is 7.78. The van der Waals surface area contributed by atoms with Gasteiger partial charge in [-0.3, -0.25) is 4.90 Å². The summed E-state index contributed by atoms with van der Waals surface area (Å²) in [7, 11) is 10.3. The molecule has 22 heavy (non-hydrogen) atoms. The van der Waals surface area contributed by atoms with Crippen molar-refractivity contribution in [2.24, 2.45) is 0 Å². The van der Waals surface area contributed by atoms with Crippen LogP contribution in [0.3, 0.4) is 0 Å². The van der Waals surface area contributed by atoms with Gasteiger partial charge in [-0.25, -0.2) is 0 Å². The normalized spacial score (nSPS) is 11.6. The molecule has 0 unspecified atom stereocenters. The Morgan fingerprint density at radius 2 is 1.36 bits per heavy atom. The Balaban J connectivity index is 2.58. The maximum atomic E-state index is 5.49. The molecular formula is C18H33N3O. The fourth-order valence-electron chi connectivity index (χ4n) is 2.57. The van der Waals surface area contributed by atoms with Crippen molar-refractivity contribution in [3.63, 3.8) is 0 Å². The summed E-state index contributed by atoms with van der Waals surface area (Å²) in [5.41, 5.74) is 1.28. The molecule has 4 nitrogen and oxygen atoms in total. The molecule has 0 heterocycles. The standard InChI is InChI=1S/C18H33N3O/c1-19(2)12-8-14-21(15-9-13-20(3)4)16-17-10-6-7-11-18(17)22-5/h6-7,10-11H,8-9,12-16H2,1-5H3. The molecule has 0 atom stereocenters. The van der Waals surface area contributed by atoms with Gasteiger partial charge in [0.25, 0.3) is 0 Å². The highest BCUT2D eigenvalue weighted by molar-refractivity contribution is 5.33. The minimum absolute atomic E-state index is 0.963. The Bertz CT molecular complexity index is 393. The second-order valence-electron chi connectivity index (χ2n) is 6.40. The Morgan fingerprint density at radius 1 is 0.818 bits per heavy atom. The smallest absolute Gasteiger partial charge is 0.123 e. The molecule has 1 aromatic rings. The molecule has 0 saturated carbocycles. The molecule has 0 aliphatic heterocycles. The van der Waals surface area contributed by atoms with E-state index in [1.54, 1.807) is 7.11 Å². The van der Waals surface area contributed by atoms with Crippen molar-refractivity contribution in [2.75, 3.05) is 61.5 Å². The molecule has 0 amide bonds. The predicted molar refractivity (Wildman–Crippen MR) is 94.6 cm³/mol. The van der Waals surface area contributed by atoms with Crippen molar-refractivity contribution in [2.45, 2.75) is 19.4 Å². The van der Waals surface area contributed by atoms with Crippen molar-refractivity contribution < 1.29 is 4.74 Å². The van der Waals surface area contributed by atoms with Crippen LogP contribution in [-0.2, 0) is 6.54 Å². The number of benzene rings is 1. The summed E-state index contributed by atoms with van der Waals surface area (Å²) in [6.07, 6.45) is 2.40. The van der Waals surface area contributed by atoms with Crippen LogP contribution in [0.4, 0.5) is 0 Å². The molecule has 0 aliphatic carbocycles. The summed E-state index contributed by atoms with van der Waals surface area (Å²) in [5.74, 6) is 0.993. The number of rotatable bonds is 11. The van der Waals surface area contributed by atoms with E-state index in [4.69, 9.17) is 4.74 Å². The van der Waals surface area contributed by atoms with E-state index < -0.39 is 0 Å². The van der Waals surface area contributed by atoms with Crippen LogP contribution in [0.5, 0.6) is 5.75 Å². The van der Waals surface area contributed by atoms with Gasteiger partial charge in [0.1, 0.15) is 5.75 Å². The predicted octanol–water partition coefficient (Wildman–Crippen LogP) is 2.40. The van der Waals surface area contributed by atoms with E-state index in [0.717, 1.165) is 38.5 Å². The van der Waals surface area contributed by atoms with Gasteiger partial charge in [0.15, 0.2) is 0 Å². The van der Waals surface area contributed by atoms with Gasteiger partial charge < -0.3 is 14.5 Å². The van der Waals surface area contributed by atoms with E-state index in [1.807, 2.05) is 12.1 Å². The van der Waals surface area contributed by atoms with Crippen LogP contribution in [0.2, 0.25) is 0 Å². The Kier molecular flexibility index (Phi) is 9.13. The summed E-state index contributed by atoms with van der Waals surface area (Å²) in [4.78, 5) is 7.05. The van der Waals surface area contributed by atoms with Gasteiger partial charge >= 0.3 is 0 Å². The Hall–Kier alpha value is -1.10. The van der Waals surface area contributed by atoms with Gasteiger partial charge in [0, 0.05) is 12.1 Å². The Morgan fingerprint density at radius 3 is 1.86 bits per heavy atom. The van der Waals surface area contributed by atoms with Crippen LogP contribution < -0.4 is 4.74 Å². The zero-order valence-electron chi connectivity index (χ0n) is 15.0. The quantitative estimate of drug-likeness (QED) is 0.625. The largest absolute Gasteiger partial charge is 0.496 e. The van der Waals surface area contributed by atoms with Gasteiger partial charge in [0.2, 0.25) is 0 Å². The highest BCUT2D eigenvalue weighted by Crippen LogP contribution is 2.19. The van der Waals surface area contributed by atoms with Gasteiger partial charge in [0.05, 0.1) is 7.11 Å². The fraction of sp³-hybridized carbons (Fsp3) is 0.667. The van der Waals surface area contributed by atoms with E-state index in [-0.39, 0.29) is 0 Å². The lowest BCUT2D eigenvalue weighted by atomic mass is 10.1. The molecule has 0 aromatic heterocycles. The number of hydrogen-bond donors (Lipinski definition) is 0. The van der Waals surface area contributed by atoms with E-state index in [0.29, 0.717) is 0 Å². The number of methoxy groups -OCH3 is 1. The summed E-state index contributed by atoms with van der Waals surface area (Å²) >= 11 is 0. The molecule has 1 rings (SSSR count). The molecule has 1 aromatic carbocycles. The SMILES string of the molecule is COc1ccccc1CN(CCCN(C)C)CCCN(C)C. The second-order valence-corrected chi connectivity index (χ2v) is 6.40. The molecule has 4 heteroatoms. The lowest BCUT2D eigenvalue weighted by molar-refractivity contribution is 0.231. The summed E-state index contributed by atoms with van der Waals surface area (Å²) in [6.45, 7) is 5.49. The monoisotopic (exact) mass is 307 g/mol. The average molecular weight is 307 g/mol. The first-order valence-electron chi connectivity index (χ1n) is 8.16. The van der Waals surface area contributed by atoms with Crippen molar-refractivity contribution >= 4 is 0 Å². The third-order valence-electron chi connectivity index (χ3n) is 3.75. The zero-order chi connectivity index (χ0) is 16.4. The lowest BCUT2D eigenvalue weighted by Gasteiger charge is -2.25. The first-order valence-corrected chi connectivity index (χ1v) is 8.16. The van der Waals surface area contributed by atoms with Crippen LogP contribution in [0.25, 0.3) is 0 Å². The lowest BCUT2D eigenvalue weighted by Crippen LogP contribution is -2.30. The first-order chi connectivity index (χ1) is 10.5. The molecule has 126 valence electrons. The molecule has 0 bridgehead atoms. The van der Waals surface area contributed by atoms with Gasteiger partial charge in [-0.1, -0.05) is 18.2 Å². The topological polar surface area (TPSA) is 19.0 Å². The van der Waals surface area contributed by atoms with Crippen molar-refractivity contribution in [3.05, 3.63) is 29.8 Å². The minimum atomic E-state index is 0.963. The van der Waals surface area contributed by atoms with Gasteiger partial charge in [-0.2, -0.15) is 0 Å². The highest BCUT2D eigenvalue weighted by atomic mass is 16.5. The second kappa shape index (κ2) is 10.6. The molecule has 0 spiro atoms. The highest BCUT2D eigenvalue weighted by Gasteiger charge is 2.10. The third-order valence-corrected chi connectivity index (χ3v) is 3.75. The van der Waals surface area contributed by atoms with E-state index in [1.165, 1.54) is 18.4 Å². The van der Waals surface area contributed by atoms with Crippen LogP contribution in [0.15, 0.2) is 24.3 Å². The van der Waals surface area contributed by atoms with E-state index in [9.17, 15) is 0 Å². The average Bonchev–Trinajstić information content (AvgIpc) is 2.46. The maximum Gasteiger partial charge on any atom is 0.123 e. The number of para-hydroxylation sites is 1. The minimum Gasteiger partial charge on any atom is -0.496 e. The Labute approximate surface area is 136 Å². The van der Waals surface area contributed by atoms with Crippen LogP contribution in [-0.4, -0.2) is 76.2 Å². The van der Waals surface area contributed by atoms with Crippen LogP contribution >= 0.6 is 0 Å². The van der Waals surface area contributed by atoms with Crippen molar-refractivity contribution in [3.8, 4) is 5.75 Å². The van der Waals surface area contributed by atoms with Gasteiger partial charge in [-0.05, 0) is 73.3 Å². The molecule has 0 saturated heterocycles. The molecule has 0 radical (unpaired) electrons. The fourth-order valence-corrected chi connectivity index (χ4v) is 2.57. The maximum absolute atomic E-state index is 5.49. The molecule has 0 aliphatic rings. The zero-order valence-corrected chi connectivity index (χ0v) is 15.0.